The minimum Gasteiger partial charge on any atom is -0.477 e. The Morgan fingerprint density at radius 1 is 1.04 bits per heavy atom. The van der Waals surface area contributed by atoms with Gasteiger partial charge in [-0.3, -0.25) is 0 Å². The molecular weight excluding hydrogens is 360 g/mol. The van der Waals surface area contributed by atoms with Crippen molar-refractivity contribution in [2.75, 3.05) is 13.1 Å². The molecule has 2 aromatic rings. The van der Waals surface area contributed by atoms with Crippen LogP contribution in [0.3, 0.4) is 0 Å². The molecule has 0 amide bonds. The predicted molar refractivity (Wildman–Crippen MR) is 108 cm³/mol. The van der Waals surface area contributed by atoms with Gasteiger partial charge in [-0.15, -0.1) is 0 Å². The molecule has 0 bridgehead atoms. The summed E-state index contributed by atoms with van der Waals surface area (Å²) in [4.78, 5) is 15.3. The van der Waals surface area contributed by atoms with E-state index in [1.807, 2.05) is 18.2 Å². The van der Waals surface area contributed by atoms with Crippen molar-refractivity contribution in [3.8, 4) is 0 Å². The van der Waals surface area contributed by atoms with Crippen LogP contribution in [0.1, 0.15) is 47.2 Å². The van der Waals surface area contributed by atoms with Gasteiger partial charge in [0.25, 0.3) is 0 Å². The lowest BCUT2D eigenvalue weighted by molar-refractivity contribution is -0.364. The monoisotopic (exact) mass is 385 g/mol. The summed E-state index contributed by atoms with van der Waals surface area (Å²) in [5.41, 5.74) is 2.28. The molecule has 0 radical (unpaired) electrons. The van der Waals surface area contributed by atoms with E-state index in [0.717, 1.165) is 23.5 Å². The average Bonchev–Trinajstić information content (AvgIpc) is 2.92. The number of carboxylic acids is 1. The summed E-state index contributed by atoms with van der Waals surface area (Å²) in [5, 5.41) is 19.8. The van der Waals surface area contributed by atoms with E-state index in [1.54, 1.807) is 30.1 Å². The van der Waals surface area contributed by atoms with E-state index < -0.39 is 5.97 Å². The van der Waals surface area contributed by atoms with Crippen LogP contribution in [0.15, 0.2) is 47.4 Å². The highest BCUT2D eigenvalue weighted by Gasteiger charge is 2.18. The lowest BCUT2D eigenvalue weighted by Crippen LogP contribution is -2.67. The normalized spacial score (nSPS) is 16.1. The number of hydrogen-bond acceptors (Lipinski definition) is 3. The van der Waals surface area contributed by atoms with Crippen molar-refractivity contribution in [2.45, 2.75) is 37.5 Å². The predicted octanol–water partition coefficient (Wildman–Crippen LogP) is 3.29. The van der Waals surface area contributed by atoms with Crippen LogP contribution in [0.2, 0.25) is 0 Å². The Bertz CT molecular complexity index is 843. The lowest BCUT2D eigenvalue weighted by Gasteiger charge is -2.19. The van der Waals surface area contributed by atoms with Crippen LogP contribution in [-0.2, 0) is 0 Å². The van der Waals surface area contributed by atoms with E-state index in [2.05, 4.69) is 16.2 Å². The molecule has 27 heavy (non-hydrogen) atoms. The van der Waals surface area contributed by atoms with E-state index in [4.69, 9.17) is 0 Å². The standard InChI is InChI=1S/C21H24N2O3S/c1-15-10-11-16(14-19(15)27-23-12-6-2-3-7-13-23)20(24)22-18-9-5-4-8-17(18)21(25)26/h4-5,8-11,14H,2-3,6-7,12-13H2,1H3,(H,22,24)(H,25,26)/p+1. The molecule has 3 rings (SSSR count). The van der Waals surface area contributed by atoms with Gasteiger partial charge >= 0.3 is 11.9 Å². The van der Waals surface area contributed by atoms with Gasteiger partial charge in [0.15, 0.2) is 0 Å². The van der Waals surface area contributed by atoms with Gasteiger partial charge in [-0.05, 0) is 55.5 Å². The Balaban J connectivity index is 1.85. The number of aryl methyl sites for hydroxylation is 1. The molecule has 0 spiro atoms. The first-order valence-corrected chi connectivity index (χ1v) is 10.0. The number of nitrogens with one attached hydrogen (secondary N) is 1. The number of aromatic carboxylic acids is 1. The number of benzene rings is 2. The number of aliphatic hydroxyl groups is 1. The molecule has 0 atom stereocenters. The Hall–Kier alpha value is -2.31. The maximum absolute atomic E-state index is 11.3. The summed E-state index contributed by atoms with van der Waals surface area (Å²) in [5.74, 6) is -1.09. The smallest absolute Gasteiger partial charge is 0.371 e. The van der Waals surface area contributed by atoms with E-state index in [1.165, 1.54) is 31.7 Å². The zero-order chi connectivity index (χ0) is 19.2. The van der Waals surface area contributed by atoms with Gasteiger partial charge in [-0.2, -0.15) is 4.99 Å². The van der Waals surface area contributed by atoms with E-state index in [9.17, 15) is 15.0 Å². The topological polar surface area (TPSA) is 74.7 Å². The Morgan fingerprint density at radius 3 is 2.44 bits per heavy atom. The number of carboxylic acid groups (broad SMARTS) is 1. The van der Waals surface area contributed by atoms with Gasteiger partial charge < -0.3 is 10.2 Å². The second kappa shape index (κ2) is 9.06. The molecule has 0 saturated carbocycles. The number of rotatable bonds is 5. The third kappa shape index (κ3) is 5.11. The van der Waals surface area contributed by atoms with Crippen LogP contribution in [0.5, 0.6) is 0 Å². The van der Waals surface area contributed by atoms with Crippen molar-refractivity contribution < 1.29 is 20.0 Å². The first kappa shape index (κ1) is 19.5. The molecule has 0 unspecified atom stereocenters. The van der Waals surface area contributed by atoms with E-state index in [0.29, 0.717) is 11.3 Å². The van der Waals surface area contributed by atoms with Gasteiger partial charge in [0, 0.05) is 24.1 Å². The van der Waals surface area contributed by atoms with Gasteiger partial charge in [-0.1, -0.05) is 31.0 Å². The van der Waals surface area contributed by atoms with Crippen molar-refractivity contribution in [3.05, 3.63) is 59.2 Å². The molecule has 1 heterocycles. The van der Waals surface area contributed by atoms with E-state index >= 15 is 0 Å². The molecule has 1 saturated heterocycles. The minimum absolute atomic E-state index is 0.0542. The van der Waals surface area contributed by atoms with Crippen LogP contribution in [0.4, 0.5) is 5.69 Å². The summed E-state index contributed by atoms with van der Waals surface area (Å²) >= 11 is 1.74. The zero-order valence-electron chi connectivity index (χ0n) is 15.4. The third-order valence-electron chi connectivity index (χ3n) is 4.66. The van der Waals surface area contributed by atoms with Crippen molar-refractivity contribution in [1.82, 2.24) is 4.31 Å². The second-order valence-electron chi connectivity index (χ2n) is 6.74. The van der Waals surface area contributed by atoms with Gasteiger partial charge in [0.1, 0.15) is 5.56 Å². The zero-order valence-corrected chi connectivity index (χ0v) is 16.3. The fourth-order valence-electron chi connectivity index (χ4n) is 3.10. The molecule has 2 aromatic carbocycles. The van der Waals surface area contributed by atoms with Crippen LogP contribution in [0, 0.1) is 6.92 Å². The van der Waals surface area contributed by atoms with Crippen molar-refractivity contribution >= 4 is 29.5 Å². The van der Waals surface area contributed by atoms with Crippen molar-refractivity contribution in [3.63, 3.8) is 0 Å². The van der Waals surface area contributed by atoms with Crippen LogP contribution in [-0.4, -0.2) is 39.5 Å². The fraction of sp³-hybridized carbons (Fsp3) is 0.333. The number of hydrogen-bond donors (Lipinski definition) is 3. The SMILES string of the molecule is Cc1ccc(C(O)=[NH+]c2ccccc2C(=O)O)cc1SN1CCCCCC1. The second-order valence-corrected chi connectivity index (χ2v) is 7.88. The van der Waals surface area contributed by atoms with Crippen LogP contribution >= 0.6 is 11.9 Å². The molecular formula is C21H25N2O3S+. The van der Waals surface area contributed by atoms with Gasteiger partial charge in [0.2, 0.25) is 5.69 Å². The van der Waals surface area contributed by atoms with Crippen molar-refractivity contribution in [2.24, 2.45) is 0 Å². The maximum atomic E-state index is 11.3. The molecule has 6 heteroatoms. The first-order valence-electron chi connectivity index (χ1n) is 9.24. The highest BCUT2D eigenvalue weighted by Crippen LogP contribution is 2.29. The summed E-state index contributed by atoms with van der Waals surface area (Å²) < 4.78 is 2.39. The highest BCUT2D eigenvalue weighted by atomic mass is 32.2. The molecule has 1 aliphatic rings. The largest absolute Gasteiger partial charge is 0.477 e. The summed E-state index contributed by atoms with van der Waals surface area (Å²) in [6.07, 6.45) is 5.02. The van der Waals surface area contributed by atoms with Crippen LogP contribution < -0.4 is 4.99 Å². The Labute approximate surface area is 163 Å². The minimum atomic E-state index is -1.03. The van der Waals surface area contributed by atoms with Gasteiger partial charge in [-0.25, -0.2) is 9.10 Å². The number of nitrogens with zero attached hydrogens (tertiary/aromatic N) is 1. The number of carbonyl (C=O) groups is 1. The molecule has 1 aliphatic heterocycles. The fourth-order valence-corrected chi connectivity index (χ4v) is 4.21. The Morgan fingerprint density at radius 2 is 1.74 bits per heavy atom. The van der Waals surface area contributed by atoms with Gasteiger partial charge in [0.05, 0.1) is 5.56 Å². The summed E-state index contributed by atoms with van der Waals surface area (Å²) in [6.45, 7) is 4.22. The van der Waals surface area contributed by atoms with Crippen molar-refractivity contribution in [1.29, 1.82) is 0 Å². The molecule has 0 aliphatic carbocycles. The average molecular weight is 386 g/mol. The summed E-state index contributed by atoms with van der Waals surface area (Å²) in [7, 11) is 0. The number of para-hydroxylation sites is 1. The molecule has 0 aromatic heterocycles. The first-order chi connectivity index (χ1) is 13.0. The van der Waals surface area contributed by atoms with E-state index in [-0.39, 0.29) is 11.5 Å². The molecule has 1 fully saturated rings. The maximum Gasteiger partial charge on any atom is 0.371 e. The molecule has 142 valence electrons. The van der Waals surface area contributed by atoms with Crippen LogP contribution in [0.25, 0.3) is 0 Å². The summed E-state index contributed by atoms with van der Waals surface area (Å²) in [6, 6.07) is 12.3. The quantitative estimate of drug-likeness (QED) is 0.418. The third-order valence-corrected chi connectivity index (χ3v) is 5.92. The highest BCUT2D eigenvalue weighted by molar-refractivity contribution is 7.97. The molecule has 3 N–H and O–H groups in total. The number of aliphatic hydroxyl groups excluding tert-OH is 1. The Kier molecular flexibility index (Phi) is 6.53. The molecule has 5 nitrogen and oxygen atoms in total. The lowest BCUT2D eigenvalue weighted by atomic mass is 10.1.